The van der Waals surface area contributed by atoms with Crippen LogP contribution in [0.3, 0.4) is 0 Å². The Morgan fingerprint density at radius 1 is 1.08 bits per heavy atom. The molecule has 0 radical (unpaired) electrons. The Labute approximate surface area is 229 Å². The van der Waals surface area contributed by atoms with Gasteiger partial charge in [-0.1, -0.05) is 34.4 Å². The summed E-state index contributed by atoms with van der Waals surface area (Å²) in [4.78, 5) is 21.7. The van der Waals surface area contributed by atoms with E-state index in [2.05, 4.69) is 31.7 Å². The molecule has 0 saturated heterocycles. The molecule has 3 atom stereocenters. The van der Waals surface area contributed by atoms with E-state index in [1.165, 1.54) is 6.33 Å². The highest BCUT2D eigenvalue weighted by atomic mass is 35.5. The number of anilines is 1. The molecule has 6 aromatic rings. The lowest BCUT2D eigenvalue weighted by Crippen LogP contribution is -2.26. The summed E-state index contributed by atoms with van der Waals surface area (Å²) in [6, 6.07) is 14.3. The smallest absolute Gasteiger partial charge is 0.252 e. The fraction of sp³-hybridized carbons (Fsp3) is 0.154. The number of rotatable bonds is 4. The standard InChI is InChI=1S/C26H17Cl2N9O2/c27-13-2-4-18(36-10-30-34-35-36)15(8-13)12-5-19-16-9-17(16)23(37(19)21(38)7-12)26-31-22(24(28)32-26)11-1-3-14-20(6-11)39-33-25(14)29/h1-8,10,16-17,23H,9H2,(H2,29,33)(H,31,32). The summed E-state index contributed by atoms with van der Waals surface area (Å²) < 4.78 is 8.68. The lowest BCUT2D eigenvalue weighted by molar-refractivity contribution is 0.460. The molecule has 0 spiro atoms. The first-order valence-electron chi connectivity index (χ1n) is 12.2. The molecule has 1 saturated carbocycles. The van der Waals surface area contributed by atoms with E-state index in [0.717, 1.165) is 39.9 Å². The van der Waals surface area contributed by atoms with Crippen LogP contribution in [0, 0.1) is 5.92 Å². The van der Waals surface area contributed by atoms with Crippen LogP contribution >= 0.6 is 23.2 Å². The van der Waals surface area contributed by atoms with E-state index in [4.69, 9.17) is 38.4 Å². The summed E-state index contributed by atoms with van der Waals surface area (Å²) in [6.07, 6.45) is 2.47. The van der Waals surface area contributed by atoms with E-state index in [0.29, 0.717) is 33.1 Å². The molecule has 2 aromatic carbocycles. The van der Waals surface area contributed by atoms with Gasteiger partial charge >= 0.3 is 0 Å². The van der Waals surface area contributed by atoms with Crippen molar-refractivity contribution in [2.24, 2.45) is 5.92 Å². The molecular weight excluding hydrogens is 541 g/mol. The molecule has 8 rings (SSSR count). The molecule has 13 heteroatoms. The third-order valence-electron chi connectivity index (χ3n) is 7.60. The Morgan fingerprint density at radius 2 is 1.97 bits per heavy atom. The number of hydrogen-bond acceptors (Lipinski definition) is 8. The number of hydrogen-bond donors (Lipinski definition) is 2. The van der Waals surface area contributed by atoms with Gasteiger partial charge in [0.05, 0.1) is 17.1 Å². The number of benzene rings is 2. The Hall–Kier alpha value is -4.48. The lowest BCUT2D eigenvalue weighted by Gasteiger charge is -2.17. The molecule has 1 aliphatic heterocycles. The number of fused-ring (bicyclic) bond motifs is 4. The van der Waals surface area contributed by atoms with Crippen molar-refractivity contribution < 1.29 is 4.52 Å². The molecule has 4 aromatic heterocycles. The number of nitrogens with two attached hydrogens (primary N) is 1. The van der Waals surface area contributed by atoms with E-state index < -0.39 is 0 Å². The summed E-state index contributed by atoms with van der Waals surface area (Å²) in [5.74, 6) is 1.47. The summed E-state index contributed by atoms with van der Waals surface area (Å²) in [5.41, 5.74) is 10.8. The summed E-state index contributed by atoms with van der Waals surface area (Å²) >= 11 is 13.0. The van der Waals surface area contributed by atoms with Crippen LogP contribution in [0.2, 0.25) is 10.2 Å². The van der Waals surface area contributed by atoms with Crippen molar-refractivity contribution >= 4 is 40.0 Å². The summed E-state index contributed by atoms with van der Waals surface area (Å²) in [5, 5.41) is 17.0. The van der Waals surface area contributed by atoms with Crippen molar-refractivity contribution in [3.63, 3.8) is 0 Å². The second kappa shape index (κ2) is 8.01. The minimum Gasteiger partial charge on any atom is -0.380 e. The van der Waals surface area contributed by atoms with Crippen molar-refractivity contribution in [3.8, 4) is 28.1 Å². The van der Waals surface area contributed by atoms with Crippen molar-refractivity contribution in [2.75, 3.05) is 5.73 Å². The molecule has 5 heterocycles. The highest BCUT2D eigenvalue weighted by Crippen LogP contribution is 2.60. The van der Waals surface area contributed by atoms with Crippen LogP contribution in [0.25, 0.3) is 39.0 Å². The average molecular weight is 558 g/mol. The number of H-pyrrole nitrogens is 1. The van der Waals surface area contributed by atoms with Gasteiger partial charge in [0.1, 0.15) is 23.0 Å². The predicted molar refractivity (Wildman–Crippen MR) is 144 cm³/mol. The van der Waals surface area contributed by atoms with Crippen LogP contribution in [-0.4, -0.2) is 39.9 Å². The Morgan fingerprint density at radius 3 is 2.82 bits per heavy atom. The fourth-order valence-corrected chi connectivity index (χ4v) is 6.20. The van der Waals surface area contributed by atoms with Gasteiger partial charge in [-0.3, -0.25) is 4.79 Å². The third-order valence-corrected chi connectivity index (χ3v) is 8.11. The highest BCUT2D eigenvalue weighted by Gasteiger charge is 2.54. The molecule has 1 aliphatic carbocycles. The molecule has 3 N–H and O–H groups in total. The van der Waals surface area contributed by atoms with Gasteiger partial charge in [0, 0.05) is 33.8 Å². The van der Waals surface area contributed by atoms with Crippen LogP contribution in [-0.2, 0) is 0 Å². The summed E-state index contributed by atoms with van der Waals surface area (Å²) in [6.45, 7) is 0. The van der Waals surface area contributed by atoms with Gasteiger partial charge in [-0.25, -0.2) is 4.98 Å². The Kier molecular flexibility index (Phi) is 4.62. The van der Waals surface area contributed by atoms with Crippen molar-refractivity contribution in [1.82, 2.24) is 39.9 Å². The number of aromatic amines is 1. The molecule has 0 bridgehead atoms. The molecule has 11 nitrogen and oxygen atoms in total. The SMILES string of the molecule is Nc1noc2cc(-c3nc(C4C5CC5c5cc(-c6cc(Cl)ccc6-n6cnnn6)cc(=O)n54)[nH]c3Cl)ccc12. The lowest BCUT2D eigenvalue weighted by atomic mass is 10.0. The van der Waals surface area contributed by atoms with E-state index in [-0.39, 0.29) is 23.4 Å². The van der Waals surface area contributed by atoms with Crippen LogP contribution < -0.4 is 11.3 Å². The van der Waals surface area contributed by atoms with Crippen molar-refractivity contribution in [3.05, 3.63) is 86.9 Å². The maximum atomic E-state index is 13.6. The van der Waals surface area contributed by atoms with Gasteiger partial charge in [-0.2, -0.15) is 4.68 Å². The quantitative estimate of drug-likeness (QED) is 0.319. The Bertz CT molecular complexity index is 1990. The first kappa shape index (κ1) is 22.5. The zero-order valence-electron chi connectivity index (χ0n) is 19.9. The van der Waals surface area contributed by atoms with E-state index in [1.54, 1.807) is 22.9 Å². The van der Waals surface area contributed by atoms with Gasteiger partial charge in [0.25, 0.3) is 5.56 Å². The minimum absolute atomic E-state index is 0.130. The van der Waals surface area contributed by atoms with Crippen molar-refractivity contribution in [1.29, 1.82) is 0 Å². The van der Waals surface area contributed by atoms with Gasteiger partial charge in [0.2, 0.25) is 0 Å². The van der Waals surface area contributed by atoms with Gasteiger partial charge < -0.3 is 19.8 Å². The van der Waals surface area contributed by atoms with Crippen LogP contribution in [0.15, 0.2) is 64.2 Å². The largest absolute Gasteiger partial charge is 0.380 e. The molecule has 1 fully saturated rings. The van der Waals surface area contributed by atoms with Gasteiger partial charge in [0.15, 0.2) is 11.4 Å². The number of imidazole rings is 1. The number of tetrazole rings is 1. The maximum absolute atomic E-state index is 13.6. The number of pyridine rings is 1. The number of aromatic nitrogens is 8. The monoisotopic (exact) mass is 557 g/mol. The number of nitrogens with zero attached hydrogens (tertiary/aromatic N) is 7. The second-order valence-electron chi connectivity index (χ2n) is 9.81. The molecule has 2 aliphatic rings. The minimum atomic E-state index is -0.249. The van der Waals surface area contributed by atoms with E-state index in [1.807, 2.05) is 28.8 Å². The molecule has 39 heavy (non-hydrogen) atoms. The van der Waals surface area contributed by atoms with E-state index in [9.17, 15) is 4.79 Å². The molecule has 3 unspecified atom stereocenters. The highest BCUT2D eigenvalue weighted by molar-refractivity contribution is 6.32. The van der Waals surface area contributed by atoms with Crippen molar-refractivity contribution in [2.45, 2.75) is 18.4 Å². The second-order valence-corrected chi connectivity index (χ2v) is 10.6. The maximum Gasteiger partial charge on any atom is 0.252 e. The van der Waals surface area contributed by atoms with Crippen LogP contribution in [0.5, 0.6) is 0 Å². The average Bonchev–Trinajstić information content (AvgIpc) is 3.30. The first-order chi connectivity index (χ1) is 19.0. The fourth-order valence-electron chi connectivity index (χ4n) is 5.78. The predicted octanol–water partition coefficient (Wildman–Crippen LogP) is 4.62. The van der Waals surface area contributed by atoms with Crippen LogP contribution in [0.1, 0.15) is 29.9 Å². The van der Waals surface area contributed by atoms with Gasteiger partial charge in [-0.15, -0.1) is 5.10 Å². The first-order valence-corrected chi connectivity index (χ1v) is 12.9. The number of nitrogens with one attached hydrogen (secondary N) is 1. The van der Waals surface area contributed by atoms with Crippen LogP contribution in [0.4, 0.5) is 5.82 Å². The van der Waals surface area contributed by atoms with E-state index >= 15 is 0 Å². The molecular formula is C26H17Cl2N9O2. The Balaban J connectivity index is 1.21. The molecule has 0 amide bonds. The summed E-state index contributed by atoms with van der Waals surface area (Å²) in [7, 11) is 0. The third kappa shape index (κ3) is 3.36. The molecule has 192 valence electrons. The zero-order valence-corrected chi connectivity index (χ0v) is 21.4. The zero-order chi connectivity index (χ0) is 26.4. The topological polar surface area (TPSA) is 146 Å². The number of nitrogen functional groups attached to an aromatic ring is 1. The number of halogens is 2. The van der Waals surface area contributed by atoms with Gasteiger partial charge in [-0.05, 0) is 64.7 Å². The normalized spacial score (nSPS) is 19.4.